The summed E-state index contributed by atoms with van der Waals surface area (Å²) >= 11 is 0. The van der Waals surface area contributed by atoms with Crippen molar-refractivity contribution in [3.05, 3.63) is 106 Å². The number of hydrogen-bond acceptors (Lipinski definition) is 6. The van der Waals surface area contributed by atoms with Crippen LogP contribution in [0.25, 0.3) is 0 Å². The molecule has 172 valence electrons. The number of benzene rings is 3. The number of ether oxygens (including phenoxy) is 2. The maximum Gasteiger partial charge on any atom is 0.276 e. The molecule has 1 amide bonds. The number of non-ortho nitro benzene ring substituents is 1. The van der Waals surface area contributed by atoms with Crippen molar-refractivity contribution in [2.75, 3.05) is 5.32 Å². The minimum atomic E-state index is -0.540. The van der Waals surface area contributed by atoms with E-state index in [2.05, 4.69) is 10.4 Å². The summed E-state index contributed by atoms with van der Waals surface area (Å²) in [6.07, 6.45) is 1.61. The normalized spacial score (nSPS) is 10.5. The SMILES string of the molecule is Cc1ccc(C)c(Oc2cc(NC(=O)c3ccn(COc4ccccc4)n3)cc([N+](=O)[O-])c2)c1. The van der Waals surface area contributed by atoms with Crippen LogP contribution in [0.15, 0.2) is 79.0 Å². The highest BCUT2D eigenvalue weighted by Gasteiger charge is 2.16. The number of amides is 1. The van der Waals surface area contributed by atoms with Crippen LogP contribution < -0.4 is 14.8 Å². The molecule has 9 nitrogen and oxygen atoms in total. The fraction of sp³-hybridized carbons (Fsp3) is 0.120. The van der Waals surface area contributed by atoms with Gasteiger partial charge in [-0.2, -0.15) is 5.10 Å². The summed E-state index contributed by atoms with van der Waals surface area (Å²) in [5, 5.41) is 18.3. The Labute approximate surface area is 195 Å². The molecule has 1 heterocycles. The van der Waals surface area contributed by atoms with Gasteiger partial charge < -0.3 is 14.8 Å². The van der Waals surface area contributed by atoms with Gasteiger partial charge in [-0.25, -0.2) is 4.68 Å². The molecule has 0 radical (unpaired) electrons. The number of nitro benzene ring substituents is 1. The summed E-state index contributed by atoms with van der Waals surface area (Å²) in [6, 6.07) is 20.6. The first-order valence-electron chi connectivity index (χ1n) is 10.4. The van der Waals surface area contributed by atoms with Crippen molar-refractivity contribution in [3.63, 3.8) is 0 Å². The Bertz CT molecular complexity index is 1330. The summed E-state index contributed by atoms with van der Waals surface area (Å²) in [6.45, 7) is 3.93. The van der Waals surface area contributed by atoms with Crippen LogP contribution >= 0.6 is 0 Å². The predicted octanol–water partition coefficient (Wildman–Crippen LogP) is 5.49. The molecule has 0 unspecified atom stereocenters. The minimum absolute atomic E-state index is 0.127. The van der Waals surface area contributed by atoms with Gasteiger partial charge in [-0.3, -0.25) is 14.9 Å². The van der Waals surface area contributed by atoms with Gasteiger partial charge in [0.1, 0.15) is 17.2 Å². The second-order valence-corrected chi connectivity index (χ2v) is 7.62. The van der Waals surface area contributed by atoms with E-state index in [4.69, 9.17) is 9.47 Å². The van der Waals surface area contributed by atoms with Crippen molar-refractivity contribution in [1.29, 1.82) is 0 Å². The fourth-order valence-corrected chi connectivity index (χ4v) is 3.17. The number of aromatic nitrogens is 2. The van der Waals surface area contributed by atoms with Gasteiger partial charge in [0.15, 0.2) is 12.4 Å². The fourth-order valence-electron chi connectivity index (χ4n) is 3.17. The number of nitrogens with zero attached hydrogens (tertiary/aromatic N) is 3. The summed E-state index contributed by atoms with van der Waals surface area (Å²) in [4.78, 5) is 23.6. The predicted molar refractivity (Wildman–Crippen MR) is 126 cm³/mol. The van der Waals surface area contributed by atoms with E-state index in [-0.39, 0.29) is 29.5 Å². The van der Waals surface area contributed by atoms with Crippen molar-refractivity contribution in [2.24, 2.45) is 0 Å². The Morgan fingerprint density at radius 3 is 2.59 bits per heavy atom. The highest BCUT2D eigenvalue weighted by molar-refractivity contribution is 6.03. The van der Waals surface area contributed by atoms with E-state index in [0.29, 0.717) is 11.5 Å². The summed E-state index contributed by atoms with van der Waals surface area (Å²) in [5.74, 6) is 0.976. The zero-order valence-electron chi connectivity index (χ0n) is 18.6. The first kappa shape index (κ1) is 22.5. The molecule has 0 bridgehead atoms. The topological polar surface area (TPSA) is 109 Å². The van der Waals surface area contributed by atoms with Crippen molar-refractivity contribution in [3.8, 4) is 17.2 Å². The number of rotatable bonds is 8. The molecule has 34 heavy (non-hydrogen) atoms. The van der Waals surface area contributed by atoms with Gasteiger partial charge in [-0.15, -0.1) is 0 Å². The number of anilines is 1. The van der Waals surface area contributed by atoms with Crippen LogP contribution in [-0.4, -0.2) is 20.6 Å². The van der Waals surface area contributed by atoms with Crippen LogP contribution in [0.5, 0.6) is 17.2 Å². The van der Waals surface area contributed by atoms with Gasteiger partial charge in [-0.05, 0) is 49.2 Å². The van der Waals surface area contributed by atoms with E-state index in [1.165, 1.54) is 28.9 Å². The summed E-state index contributed by atoms with van der Waals surface area (Å²) < 4.78 is 13.0. The Kier molecular flexibility index (Phi) is 6.54. The third kappa shape index (κ3) is 5.57. The molecule has 0 spiro atoms. The number of nitro groups is 1. The van der Waals surface area contributed by atoms with E-state index >= 15 is 0 Å². The molecule has 0 aliphatic rings. The van der Waals surface area contributed by atoms with Gasteiger partial charge in [0.05, 0.1) is 16.7 Å². The molecule has 0 saturated heterocycles. The number of carbonyl (C=O) groups excluding carboxylic acids is 1. The zero-order valence-corrected chi connectivity index (χ0v) is 18.6. The first-order valence-corrected chi connectivity index (χ1v) is 10.4. The lowest BCUT2D eigenvalue weighted by Gasteiger charge is -2.11. The molecule has 0 saturated carbocycles. The first-order chi connectivity index (χ1) is 16.4. The van der Waals surface area contributed by atoms with Crippen molar-refractivity contribution in [2.45, 2.75) is 20.6 Å². The molecule has 0 fully saturated rings. The van der Waals surface area contributed by atoms with Crippen molar-refractivity contribution >= 4 is 17.3 Å². The van der Waals surface area contributed by atoms with Gasteiger partial charge in [0, 0.05) is 18.3 Å². The smallest absolute Gasteiger partial charge is 0.276 e. The van der Waals surface area contributed by atoms with Crippen LogP contribution in [0.4, 0.5) is 11.4 Å². The third-order valence-electron chi connectivity index (χ3n) is 4.91. The maximum atomic E-state index is 12.7. The molecule has 1 aromatic heterocycles. The molecular weight excluding hydrogens is 436 g/mol. The van der Waals surface area contributed by atoms with E-state index in [9.17, 15) is 14.9 Å². The number of carbonyl (C=O) groups is 1. The van der Waals surface area contributed by atoms with Crippen LogP contribution in [0.1, 0.15) is 21.6 Å². The number of aryl methyl sites for hydroxylation is 2. The van der Waals surface area contributed by atoms with Gasteiger partial charge in [-0.1, -0.05) is 30.3 Å². The Balaban J connectivity index is 1.49. The molecule has 1 N–H and O–H groups in total. The second-order valence-electron chi connectivity index (χ2n) is 7.62. The van der Waals surface area contributed by atoms with Crippen LogP contribution in [-0.2, 0) is 6.73 Å². The van der Waals surface area contributed by atoms with Gasteiger partial charge in [0.2, 0.25) is 0 Å². The minimum Gasteiger partial charge on any atom is -0.471 e. The summed E-state index contributed by atoms with van der Waals surface area (Å²) in [7, 11) is 0. The van der Waals surface area contributed by atoms with Crippen molar-refractivity contribution in [1.82, 2.24) is 9.78 Å². The Morgan fingerprint density at radius 1 is 1.03 bits per heavy atom. The zero-order chi connectivity index (χ0) is 24.1. The molecule has 0 aliphatic heterocycles. The lowest BCUT2D eigenvalue weighted by molar-refractivity contribution is -0.384. The monoisotopic (exact) mass is 458 g/mol. The third-order valence-corrected chi connectivity index (χ3v) is 4.91. The average molecular weight is 458 g/mol. The highest BCUT2D eigenvalue weighted by atomic mass is 16.6. The van der Waals surface area contributed by atoms with Gasteiger partial charge in [0.25, 0.3) is 11.6 Å². The second kappa shape index (κ2) is 9.86. The van der Waals surface area contributed by atoms with E-state index in [1.807, 2.05) is 62.4 Å². The maximum absolute atomic E-state index is 12.7. The molecule has 0 aliphatic carbocycles. The Hall–Kier alpha value is -4.66. The largest absolute Gasteiger partial charge is 0.471 e. The average Bonchev–Trinajstić information content (AvgIpc) is 3.30. The van der Waals surface area contributed by atoms with Crippen LogP contribution in [0.2, 0.25) is 0 Å². The molecule has 0 atom stereocenters. The molecule has 9 heteroatoms. The molecular formula is C25H22N4O5. The van der Waals surface area contributed by atoms with E-state index in [1.54, 1.807) is 6.20 Å². The Morgan fingerprint density at radius 2 is 1.82 bits per heavy atom. The van der Waals surface area contributed by atoms with E-state index in [0.717, 1.165) is 11.1 Å². The molecule has 4 aromatic rings. The number of nitrogens with one attached hydrogen (secondary N) is 1. The van der Waals surface area contributed by atoms with E-state index < -0.39 is 10.8 Å². The van der Waals surface area contributed by atoms with Crippen LogP contribution in [0.3, 0.4) is 0 Å². The lowest BCUT2D eigenvalue weighted by atomic mass is 10.1. The summed E-state index contributed by atoms with van der Waals surface area (Å²) in [5.41, 5.74) is 2.02. The number of para-hydroxylation sites is 1. The molecule has 3 aromatic carbocycles. The van der Waals surface area contributed by atoms with Gasteiger partial charge >= 0.3 is 0 Å². The van der Waals surface area contributed by atoms with Crippen molar-refractivity contribution < 1.29 is 19.2 Å². The molecule has 4 rings (SSSR count). The quantitative estimate of drug-likeness (QED) is 0.276. The number of hydrogen-bond donors (Lipinski definition) is 1. The standard InChI is InChI=1S/C25H22N4O5/c1-17-8-9-18(2)24(12-17)34-22-14-19(13-20(15-22)29(31)32)26-25(30)23-10-11-28(27-23)16-33-21-6-4-3-5-7-21/h3-15H,16H2,1-2H3,(H,26,30). The highest BCUT2D eigenvalue weighted by Crippen LogP contribution is 2.32. The van der Waals surface area contributed by atoms with Crippen LogP contribution in [0, 0.1) is 24.0 Å². The lowest BCUT2D eigenvalue weighted by Crippen LogP contribution is -2.14.